The SMILES string of the molecule is CC(C)(CCCNS(=O)(=O)Cn1cnc([N+](=O)[O-])c1)[Si](C)(C)O. The van der Waals surface area contributed by atoms with Crippen LogP contribution >= 0.6 is 0 Å². The zero-order valence-electron chi connectivity index (χ0n) is 13.8. The van der Waals surface area contributed by atoms with Gasteiger partial charge in [0.05, 0.1) is 0 Å². The van der Waals surface area contributed by atoms with Crippen LogP contribution in [0.5, 0.6) is 0 Å². The highest BCUT2D eigenvalue weighted by molar-refractivity contribution is 7.88. The molecule has 0 amide bonds. The first kappa shape index (κ1) is 19.7. The van der Waals surface area contributed by atoms with E-state index in [1.165, 1.54) is 0 Å². The predicted octanol–water partition coefficient (Wildman–Crippen LogP) is 1.43. The van der Waals surface area contributed by atoms with E-state index >= 15 is 0 Å². The molecule has 0 unspecified atom stereocenters. The van der Waals surface area contributed by atoms with Gasteiger partial charge < -0.3 is 14.9 Å². The molecule has 0 aliphatic rings. The van der Waals surface area contributed by atoms with E-state index in [1.54, 1.807) is 0 Å². The average molecular weight is 365 g/mol. The summed E-state index contributed by atoms with van der Waals surface area (Å²) in [7, 11) is -5.90. The van der Waals surface area contributed by atoms with Gasteiger partial charge in [-0.05, 0) is 40.9 Å². The Kier molecular flexibility index (Phi) is 6.07. The topological polar surface area (TPSA) is 127 Å². The second-order valence-corrected chi connectivity index (χ2v) is 12.9. The Balaban J connectivity index is 2.48. The molecule has 0 spiro atoms. The molecule has 1 rings (SSSR count). The molecule has 23 heavy (non-hydrogen) atoms. The third kappa shape index (κ3) is 6.01. The number of nitro groups is 1. The number of aromatic nitrogens is 2. The number of hydrogen-bond acceptors (Lipinski definition) is 6. The molecule has 0 saturated carbocycles. The summed E-state index contributed by atoms with van der Waals surface area (Å²) in [6, 6.07) is 0. The first-order valence-electron chi connectivity index (χ1n) is 7.20. The zero-order chi connectivity index (χ0) is 17.9. The van der Waals surface area contributed by atoms with E-state index in [0.29, 0.717) is 12.8 Å². The van der Waals surface area contributed by atoms with Crippen LogP contribution in [0.15, 0.2) is 12.5 Å². The van der Waals surface area contributed by atoms with Gasteiger partial charge in [0, 0.05) is 6.54 Å². The van der Waals surface area contributed by atoms with Crippen molar-refractivity contribution in [3.63, 3.8) is 0 Å². The van der Waals surface area contributed by atoms with Crippen LogP contribution in [0.2, 0.25) is 18.1 Å². The number of nitrogens with one attached hydrogen (secondary N) is 1. The summed E-state index contributed by atoms with van der Waals surface area (Å²) in [4.78, 5) is 23.5. The highest BCUT2D eigenvalue weighted by Gasteiger charge is 2.37. The van der Waals surface area contributed by atoms with Crippen LogP contribution in [-0.2, 0) is 15.9 Å². The molecule has 132 valence electrons. The van der Waals surface area contributed by atoms with Crippen molar-refractivity contribution in [2.75, 3.05) is 6.54 Å². The minimum absolute atomic E-state index is 0.205. The Morgan fingerprint density at radius 1 is 1.48 bits per heavy atom. The molecule has 0 fully saturated rings. The third-order valence-electron chi connectivity index (χ3n) is 4.08. The largest absolute Gasteiger partial charge is 0.432 e. The van der Waals surface area contributed by atoms with E-state index in [1.807, 2.05) is 26.9 Å². The van der Waals surface area contributed by atoms with Gasteiger partial charge in [-0.25, -0.2) is 13.1 Å². The highest BCUT2D eigenvalue weighted by Crippen LogP contribution is 2.39. The van der Waals surface area contributed by atoms with E-state index in [9.17, 15) is 23.3 Å². The summed E-state index contributed by atoms with van der Waals surface area (Å²) in [5.41, 5.74) is 0. The third-order valence-corrected chi connectivity index (χ3v) is 8.93. The Labute approximate surface area is 137 Å². The fourth-order valence-electron chi connectivity index (χ4n) is 1.82. The molecule has 9 nitrogen and oxygen atoms in total. The fraction of sp³-hybridized carbons (Fsp3) is 0.750. The van der Waals surface area contributed by atoms with E-state index in [4.69, 9.17) is 0 Å². The van der Waals surface area contributed by atoms with Gasteiger partial charge in [-0.15, -0.1) is 0 Å². The first-order chi connectivity index (χ1) is 10.3. The van der Waals surface area contributed by atoms with E-state index in [-0.39, 0.29) is 11.6 Å². The minimum Gasteiger partial charge on any atom is -0.432 e. The molecule has 0 atom stereocenters. The number of sulfonamides is 1. The molecule has 2 N–H and O–H groups in total. The minimum atomic E-state index is -3.60. The quantitative estimate of drug-likeness (QED) is 0.295. The Bertz CT molecular complexity index is 651. The van der Waals surface area contributed by atoms with Gasteiger partial charge in [0.15, 0.2) is 8.32 Å². The van der Waals surface area contributed by atoms with Gasteiger partial charge in [0.1, 0.15) is 12.1 Å². The lowest BCUT2D eigenvalue weighted by molar-refractivity contribution is -0.389. The summed E-state index contributed by atoms with van der Waals surface area (Å²) in [6.07, 6.45) is 3.50. The van der Waals surface area contributed by atoms with Crippen molar-refractivity contribution in [3.05, 3.63) is 22.6 Å². The Morgan fingerprint density at radius 2 is 2.09 bits per heavy atom. The van der Waals surface area contributed by atoms with E-state index in [0.717, 1.165) is 17.1 Å². The smallest absolute Gasteiger partial charge is 0.381 e. The molecule has 0 aromatic carbocycles. The second kappa shape index (κ2) is 7.07. The fourth-order valence-corrected chi connectivity index (χ4v) is 3.69. The summed E-state index contributed by atoms with van der Waals surface area (Å²) >= 11 is 0. The number of nitrogens with zero attached hydrogens (tertiary/aromatic N) is 3. The van der Waals surface area contributed by atoms with E-state index < -0.39 is 35.0 Å². The number of rotatable bonds is 9. The van der Waals surface area contributed by atoms with Crippen LogP contribution in [0.25, 0.3) is 0 Å². The standard InChI is InChI=1S/C12H24N4O5SSi/c1-12(2,23(3,4)21)6-5-7-14-22(19,20)10-15-8-11(13-9-15)16(17)18/h8-9,14,21H,5-7,10H2,1-4H3. The van der Waals surface area contributed by atoms with Crippen LogP contribution in [0.3, 0.4) is 0 Å². The number of hydrogen-bond donors (Lipinski definition) is 2. The molecule has 11 heteroatoms. The van der Waals surface area contributed by atoms with Crippen molar-refractivity contribution in [2.45, 2.75) is 50.7 Å². The normalized spacial score (nSPS) is 13.3. The van der Waals surface area contributed by atoms with Gasteiger partial charge in [0.25, 0.3) is 0 Å². The molecule has 0 aliphatic heterocycles. The van der Waals surface area contributed by atoms with Crippen molar-refractivity contribution in [2.24, 2.45) is 0 Å². The Morgan fingerprint density at radius 3 is 2.57 bits per heavy atom. The van der Waals surface area contributed by atoms with Crippen molar-refractivity contribution >= 4 is 24.2 Å². The molecule has 0 saturated heterocycles. The van der Waals surface area contributed by atoms with Crippen molar-refractivity contribution in [3.8, 4) is 0 Å². The van der Waals surface area contributed by atoms with Crippen LogP contribution in [0, 0.1) is 10.1 Å². The lowest BCUT2D eigenvalue weighted by atomic mass is 10.1. The maximum atomic E-state index is 11.9. The van der Waals surface area contributed by atoms with E-state index in [2.05, 4.69) is 9.71 Å². The second-order valence-electron chi connectivity index (χ2n) is 6.69. The first-order valence-corrected chi connectivity index (χ1v) is 11.8. The summed E-state index contributed by atoms with van der Waals surface area (Å²) < 4.78 is 27.5. The average Bonchev–Trinajstić information content (AvgIpc) is 2.81. The van der Waals surface area contributed by atoms with Gasteiger partial charge in [-0.2, -0.15) is 0 Å². The van der Waals surface area contributed by atoms with Crippen LogP contribution in [0.4, 0.5) is 5.82 Å². The van der Waals surface area contributed by atoms with Gasteiger partial charge in [-0.1, -0.05) is 13.8 Å². The monoisotopic (exact) mass is 364 g/mol. The van der Waals surface area contributed by atoms with Crippen molar-refractivity contribution in [1.29, 1.82) is 0 Å². The molecule has 1 aromatic heterocycles. The van der Waals surface area contributed by atoms with Gasteiger partial charge in [-0.3, -0.25) is 4.57 Å². The van der Waals surface area contributed by atoms with Gasteiger partial charge >= 0.3 is 5.82 Å². The van der Waals surface area contributed by atoms with Crippen LogP contribution < -0.4 is 4.72 Å². The summed E-state index contributed by atoms with van der Waals surface area (Å²) in [5.74, 6) is -0.811. The molecular weight excluding hydrogens is 340 g/mol. The van der Waals surface area contributed by atoms with Crippen molar-refractivity contribution in [1.82, 2.24) is 14.3 Å². The molecular formula is C12H24N4O5SSi. The Hall–Kier alpha value is -1.30. The van der Waals surface area contributed by atoms with Crippen molar-refractivity contribution < 1.29 is 18.1 Å². The molecule has 1 heterocycles. The van der Waals surface area contributed by atoms with Crippen LogP contribution in [0.1, 0.15) is 26.7 Å². The molecule has 0 bridgehead atoms. The molecule has 1 aromatic rings. The predicted molar refractivity (Wildman–Crippen MR) is 88.8 cm³/mol. The highest BCUT2D eigenvalue weighted by atomic mass is 32.2. The zero-order valence-corrected chi connectivity index (χ0v) is 15.6. The molecule has 0 aliphatic carbocycles. The summed E-state index contributed by atoms with van der Waals surface area (Å²) in [6.45, 7) is 7.95. The maximum absolute atomic E-state index is 11.9. The van der Waals surface area contributed by atoms with Crippen LogP contribution in [-0.4, -0.2) is 42.6 Å². The lowest BCUT2D eigenvalue weighted by Crippen LogP contribution is -2.39. The van der Waals surface area contributed by atoms with Gasteiger partial charge in [0.2, 0.25) is 16.4 Å². The molecule has 0 radical (unpaired) electrons. The maximum Gasteiger partial charge on any atom is 0.381 e. The number of imidazole rings is 1. The summed E-state index contributed by atoms with van der Waals surface area (Å²) in [5, 5.41) is 10.3. The lowest BCUT2D eigenvalue weighted by Gasteiger charge is -2.35.